The van der Waals surface area contributed by atoms with E-state index in [-0.39, 0.29) is 26.1 Å². The van der Waals surface area contributed by atoms with Gasteiger partial charge in [-0.2, -0.15) is 0 Å². The molecule has 0 aromatic heterocycles. The summed E-state index contributed by atoms with van der Waals surface area (Å²) in [7, 11) is 1.49. The summed E-state index contributed by atoms with van der Waals surface area (Å²) in [5.41, 5.74) is 3.82. The lowest BCUT2D eigenvalue weighted by molar-refractivity contribution is -0.157. The van der Waals surface area contributed by atoms with Crippen LogP contribution in [0, 0.1) is 5.82 Å². The number of amides is 2. The van der Waals surface area contributed by atoms with E-state index in [1.54, 1.807) is 6.07 Å². The van der Waals surface area contributed by atoms with E-state index in [4.69, 9.17) is 10.5 Å². The van der Waals surface area contributed by atoms with Gasteiger partial charge in [0.2, 0.25) is 5.91 Å². The number of halogens is 1. The molecule has 8 heteroatoms. The number of primary amides is 1. The molecule has 1 atom stereocenters. The Morgan fingerprint density at radius 1 is 1.52 bits per heavy atom. The first-order valence-electron chi connectivity index (χ1n) is 8.19. The molecule has 0 aliphatic carbocycles. The Morgan fingerprint density at radius 2 is 2.28 bits per heavy atom. The topological polar surface area (TPSA) is 105 Å². The molecular weight excluding hydrogens is 329 g/mol. The van der Waals surface area contributed by atoms with E-state index >= 15 is 0 Å². The Bertz CT molecular complexity index is 640. The lowest BCUT2D eigenvalue weighted by atomic mass is 9.91. The minimum absolute atomic E-state index is 0.0240. The first-order chi connectivity index (χ1) is 11.9. The van der Waals surface area contributed by atoms with Crippen LogP contribution in [0.3, 0.4) is 0 Å². The molecule has 2 rings (SSSR count). The van der Waals surface area contributed by atoms with Crippen molar-refractivity contribution in [2.24, 2.45) is 5.73 Å². The molecule has 1 aliphatic rings. The average Bonchev–Trinajstić information content (AvgIpc) is 2.58. The van der Waals surface area contributed by atoms with Crippen molar-refractivity contribution in [3.8, 4) is 5.75 Å². The number of piperidine rings is 1. The normalized spacial score (nSPS) is 20.6. The third-order valence-electron chi connectivity index (χ3n) is 4.28. The van der Waals surface area contributed by atoms with Gasteiger partial charge in [-0.3, -0.25) is 9.59 Å². The summed E-state index contributed by atoms with van der Waals surface area (Å²) in [5, 5.41) is 13.5. The fraction of sp³-hybridized carbons (Fsp3) is 0.529. The van der Waals surface area contributed by atoms with Crippen molar-refractivity contribution in [3.63, 3.8) is 0 Å². The summed E-state index contributed by atoms with van der Waals surface area (Å²) in [4.78, 5) is 24.8. The van der Waals surface area contributed by atoms with Gasteiger partial charge in [0.25, 0.3) is 5.91 Å². The molecule has 7 nitrogen and oxygen atoms in total. The maximum atomic E-state index is 14.0. The molecular formula is C17H24FN3O4. The van der Waals surface area contributed by atoms with Gasteiger partial charge in [0, 0.05) is 38.2 Å². The highest BCUT2D eigenvalue weighted by Crippen LogP contribution is 2.25. The summed E-state index contributed by atoms with van der Waals surface area (Å²) in [6.45, 7) is 0.816. The Kier molecular flexibility index (Phi) is 6.33. The molecule has 25 heavy (non-hydrogen) atoms. The van der Waals surface area contributed by atoms with E-state index in [0.29, 0.717) is 30.7 Å². The molecule has 4 N–H and O–H groups in total. The Balaban J connectivity index is 2.02. The van der Waals surface area contributed by atoms with Crippen LogP contribution in [0.1, 0.15) is 24.8 Å². The van der Waals surface area contributed by atoms with E-state index < -0.39 is 23.2 Å². The van der Waals surface area contributed by atoms with E-state index in [1.165, 1.54) is 24.1 Å². The number of nitrogens with zero attached hydrogens (tertiary/aromatic N) is 1. The minimum atomic E-state index is -1.56. The van der Waals surface area contributed by atoms with Crippen LogP contribution in [0.5, 0.6) is 5.75 Å². The van der Waals surface area contributed by atoms with Gasteiger partial charge in [0.05, 0.1) is 7.11 Å². The number of hydrogen-bond acceptors (Lipinski definition) is 5. The van der Waals surface area contributed by atoms with Gasteiger partial charge >= 0.3 is 0 Å². The quantitative estimate of drug-likeness (QED) is 0.577. The molecule has 0 bridgehead atoms. The molecule has 1 saturated heterocycles. The number of nitrogens with one attached hydrogen (secondary N) is 1. The Labute approximate surface area is 145 Å². The summed E-state index contributed by atoms with van der Waals surface area (Å²) in [6.07, 6.45) is 1.04. The van der Waals surface area contributed by atoms with Crippen LogP contribution >= 0.6 is 0 Å². The summed E-state index contributed by atoms with van der Waals surface area (Å²) >= 11 is 0. The maximum absolute atomic E-state index is 14.0. The molecule has 1 heterocycles. The number of likely N-dealkylation sites (tertiary alicyclic amines) is 1. The van der Waals surface area contributed by atoms with Gasteiger partial charge in [-0.05, 0) is 31.0 Å². The summed E-state index contributed by atoms with van der Waals surface area (Å²) in [6, 6.07) is 4.34. The summed E-state index contributed by atoms with van der Waals surface area (Å²) < 4.78 is 19.1. The molecule has 1 unspecified atom stereocenters. The van der Waals surface area contributed by atoms with E-state index in [0.717, 1.165) is 0 Å². The third-order valence-corrected chi connectivity index (χ3v) is 4.28. The van der Waals surface area contributed by atoms with E-state index in [1.807, 2.05) is 0 Å². The lowest BCUT2D eigenvalue weighted by Crippen LogP contribution is -2.57. The van der Waals surface area contributed by atoms with Gasteiger partial charge in [-0.25, -0.2) is 4.39 Å². The molecule has 2 amide bonds. The van der Waals surface area contributed by atoms with Gasteiger partial charge in [-0.15, -0.1) is 0 Å². The molecule has 1 fully saturated rings. The van der Waals surface area contributed by atoms with E-state index in [2.05, 4.69) is 5.32 Å². The Morgan fingerprint density at radius 3 is 2.96 bits per heavy atom. The molecule has 0 spiro atoms. The van der Waals surface area contributed by atoms with Crippen molar-refractivity contribution in [1.29, 1.82) is 0 Å². The van der Waals surface area contributed by atoms with Crippen LogP contribution in [0.15, 0.2) is 18.2 Å². The number of carbonyl (C=O) groups is 2. The first kappa shape index (κ1) is 19.1. The molecule has 0 saturated carbocycles. The second kappa shape index (κ2) is 8.26. The highest BCUT2D eigenvalue weighted by atomic mass is 19.1. The van der Waals surface area contributed by atoms with Gasteiger partial charge in [-0.1, -0.05) is 0 Å². The molecule has 1 aromatic carbocycles. The maximum Gasteiger partial charge on any atom is 0.256 e. The zero-order chi connectivity index (χ0) is 18.4. The van der Waals surface area contributed by atoms with Crippen LogP contribution in [-0.2, 0) is 16.1 Å². The number of hydrogen-bond donors (Lipinski definition) is 3. The highest BCUT2D eigenvalue weighted by molar-refractivity contribution is 5.86. The SMILES string of the molecule is COc1ccc(F)c(CN2CCCC(O)(CNCCC(N)=O)C2=O)c1. The van der Waals surface area contributed by atoms with Crippen LogP contribution in [0.2, 0.25) is 0 Å². The van der Waals surface area contributed by atoms with Crippen LogP contribution in [0.25, 0.3) is 0 Å². The number of methoxy groups -OCH3 is 1. The van der Waals surface area contributed by atoms with Crippen molar-refractivity contribution in [1.82, 2.24) is 10.2 Å². The minimum Gasteiger partial charge on any atom is -0.497 e. The standard InChI is InChI=1S/C17H24FN3O4/c1-25-13-3-4-14(18)12(9-13)10-21-8-2-6-17(24,16(21)23)11-20-7-5-15(19)22/h3-4,9,20,24H,2,5-8,10-11H2,1H3,(H2,19,22). The number of benzene rings is 1. The first-order valence-corrected chi connectivity index (χ1v) is 8.19. The fourth-order valence-electron chi connectivity index (χ4n) is 2.89. The van der Waals surface area contributed by atoms with Crippen LogP contribution in [0.4, 0.5) is 4.39 Å². The average molecular weight is 353 g/mol. The van der Waals surface area contributed by atoms with E-state index in [9.17, 15) is 19.1 Å². The largest absolute Gasteiger partial charge is 0.497 e. The summed E-state index contributed by atoms with van der Waals surface area (Å²) in [5.74, 6) is -0.830. The smallest absolute Gasteiger partial charge is 0.256 e. The second-order valence-corrected chi connectivity index (χ2v) is 6.21. The van der Waals surface area contributed by atoms with Crippen molar-refractivity contribution in [2.45, 2.75) is 31.4 Å². The van der Waals surface area contributed by atoms with Gasteiger partial charge < -0.3 is 25.8 Å². The zero-order valence-corrected chi connectivity index (χ0v) is 14.3. The number of aliphatic hydroxyl groups is 1. The number of ether oxygens (including phenoxy) is 1. The van der Waals surface area contributed by atoms with Crippen molar-refractivity contribution in [2.75, 3.05) is 26.7 Å². The molecule has 1 aromatic rings. The van der Waals surface area contributed by atoms with Gasteiger partial charge in [0.15, 0.2) is 5.60 Å². The Hall–Kier alpha value is -2.19. The zero-order valence-electron chi connectivity index (χ0n) is 14.3. The molecule has 0 radical (unpaired) electrons. The van der Waals surface area contributed by atoms with Crippen molar-refractivity contribution in [3.05, 3.63) is 29.6 Å². The molecule has 138 valence electrons. The predicted molar refractivity (Wildman–Crippen MR) is 89.2 cm³/mol. The predicted octanol–water partition coefficient (Wildman–Crippen LogP) is 0.153. The molecule has 1 aliphatic heterocycles. The number of carbonyl (C=O) groups excluding carboxylic acids is 2. The third kappa shape index (κ3) is 4.90. The fourth-order valence-corrected chi connectivity index (χ4v) is 2.89. The van der Waals surface area contributed by atoms with Crippen molar-refractivity contribution >= 4 is 11.8 Å². The van der Waals surface area contributed by atoms with Crippen LogP contribution < -0.4 is 15.8 Å². The lowest BCUT2D eigenvalue weighted by Gasteiger charge is -2.38. The van der Waals surface area contributed by atoms with Gasteiger partial charge in [0.1, 0.15) is 11.6 Å². The number of rotatable bonds is 8. The van der Waals surface area contributed by atoms with Crippen molar-refractivity contribution < 1.29 is 23.8 Å². The second-order valence-electron chi connectivity index (χ2n) is 6.21. The number of nitrogens with two attached hydrogens (primary N) is 1. The van der Waals surface area contributed by atoms with Crippen LogP contribution in [-0.4, -0.2) is 54.2 Å². The highest BCUT2D eigenvalue weighted by Gasteiger charge is 2.41. The monoisotopic (exact) mass is 353 g/mol.